The summed E-state index contributed by atoms with van der Waals surface area (Å²) < 4.78 is 0. The fourth-order valence-corrected chi connectivity index (χ4v) is 4.08. The molecule has 0 aromatic rings. The number of likely N-dealkylation sites (tertiary alicyclic amines) is 1. The van der Waals surface area contributed by atoms with E-state index in [-0.39, 0.29) is 44.2 Å². The van der Waals surface area contributed by atoms with E-state index in [2.05, 4.69) is 20.9 Å². The molecule has 0 bridgehead atoms. The van der Waals surface area contributed by atoms with Gasteiger partial charge in [-0.15, -0.1) is 0 Å². The normalized spacial score (nSPS) is 18.0. The van der Waals surface area contributed by atoms with E-state index in [9.17, 15) is 34.2 Å². The Balaban J connectivity index is 3.05. The van der Waals surface area contributed by atoms with E-state index in [0.29, 0.717) is 12.8 Å². The van der Waals surface area contributed by atoms with Crippen molar-refractivity contribution in [2.24, 2.45) is 28.1 Å². The number of nitrogens with zero attached hydrogens (tertiary/aromatic N) is 2. The molecule has 0 spiro atoms. The molecule has 0 saturated carbocycles. The Morgan fingerprint density at radius 1 is 0.974 bits per heavy atom. The summed E-state index contributed by atoms with van der Waals surface area (Å²) >= 11 is 0. The zero-order chi connectivity index (χ0) is 29.7. The number of hydrogen-bond acceptors (Lipinski definition) is 9. The van der Waals surface area contributed by atoms with Crippen LogP contribution in [0.4, 0.5) is 0 Å². The molecule has 1 rings (SSSR count). The van der Waals surface area contributed by atoms with Gasteiger partial charge in [-0.05, 0) is 38.0 Å². The highest BCUT2D eigenvalue weighted by Crippen LogP contribution is 2.20. The van der Waals surface area contributed by atoms with Crippen molar-refractivity contribution in [3.8, 4) is 0 Å². The highest BCUT2D eigenvalue weighted by atomic mass is 16.4. The second kappa shape index (κ2) is 16.5. The summed E-state index contributed by atoms with van der Waals surface area (Å²) in [6.07, 6.45) is 1.36. The molecule has 1 saturated heterocycles. The van der Waals surface area contributed by atoms with Gasteiger partial charge in [0.2, 0.25) is 23.6 Å². The molecule has 0 aromatic heterocycles. The lowest BCUT2D eigenvalue weighted by molar-refractivity contribution is -0.145. The minimum absolute atomic E-state index is 0.0551. The number of aliphatic carboxylic acids is 1. The predicted octanol–water partition coefficient (Wildman–Crippen LogP) is -4.07. The molecule has 0 radical (unpaired) electrons. The fraction of sp³-hybridized carbons (Fsp3) is 0.739. The van der Waals surface area contributed by atoms with Gasteiger partial charge in [-0.2, -0.15) is 0 Å². The zero-order valence-electron chi connectivity index (χ0n) is 22.3. The van der Waals surface area contributed by atoms with Crippen LogP contribution in [-0.2, 0) is 24.0 Å². The molecule has 16 heteroatoms. The average molecular weight is 559 g/mol. The number of rotatable bonds is 16. The maximum Gasteiger partial charge on any atom is 0.328 e. The summed E-state index contributed by atoms with van der Waals surface area (Å²) in [6.45, 7) is 2.47. The maximum atomic E-state index is 13.5. The molecule has 12 N–H and O–H groups in total. The van der Waals surface area contributed by atoms with Gasteiger partial charge in [0.15, 0.2) is 5.96 Å². The van der Waals surface area contributed by atoms with Crippen LogP contribution in [0, 0.1) is 5.92 Å². The molecule has 0 aromatic carbocycles. The van der Waals surface area contributed by atoms with Gasteiger partial charge < -0.3 is 53.4 Å². The van der Waals surface area contributed by atoms with Gasteiger partial charge in [0.05, 0.1) is 19.3 Å². The first-order valence-corrected chi connectivity index (χ1v) is 12.8. The molecule has 16 nitrogen and oxygen atoms in total. The largest absolute Gasteiger partial charge is 0.480 e. The SMILES string of the molecule is CC(C)C[C@H](N)C(=O)N[C@@H](CO)C(=O)N[C@@H](CCCN=C(N)N)C(=O)N1CCC[C@H]1C(=O)N[C@@H](CO)C(=O)O. The first-order chi connectivity index (χ1) is 18.3. The van der Waals surface area contributed by atoms with E-state index >= 15 is 0 Å². The van der Waals surface area contributed by atoms with Gasteiger partial charge >= 0.3 is 5.97 Å². The topological polar surface area (TPSA) is 276 Å². The number of hydrogen-bond donors (Lipinski definition) is 9. The van der Waals surface area contributed by atoms with Crippen molar-refractivity contribution in [3.05, 3.63) is 0 Å². The zero-order valence-corrected chi connectivity index (χ0v) is 22.3. The van der Waals surface area contributed by atoms with Gasteiger partial charge in [0, 0.05) is 13.1 Å². The highest BCUT2D eigenvalue weighted by molar-refractivity contribution is 5.95. The lowest BCUT2D eigenvalue weighted by atomic mass is 10.0. The molecule has 39 heavy (non-hydrogen) atoms. The van der Waals surface area contributed by atoms with Gasteiger partial charge in [-0.3, -0.25) is 24.2 Å². The number of carbonyl (C=O) groups excluding carboxylic acids is 4. The van der Waals surface area contributed by atoms with Crippen molar-refractivity contribution < 1.29 is 39.3 Å². The van der Waals surface area contributed by atoms with E-state index in [0.717, 1.165) is 0 Å². The number of aliphatic hydroxyl groups excluding tert-OH is 2. The second-order valence-electron chi connectivity index (χ2n) is 9.76. The van der Waals surface area contributed by atoms with Crippen LogP contribution in [0.1, 0.15) is 46.0 Å². The molecule has 5 atom stereocenters. The first-order valence-electron chi connectivity index (χ1n) is 12.8. The van der Waals surface area contributed by atoms with Crippen LogP contribution in [0.15, 0.2) is 4.99 Å². The van der Waals surface area contributed by atoms with Crippen LogP contribution in [0.2, 0.25) is 0 Å². The highest BCUT2D eigenvalue weighted by Gasteiger charge is 2.39. The standard InChI is InChI=1S/C23H42N8O8/c1-12(2)9-13(24)18(34)29-15(10-32)19(35)28-14(5-3-7-27-23(25)26)21(37)31-8-4-6-17(31)20(36)30-16(11-33)22(38)39/h12-17,32-33H,3-11,24H2,1-2H3,(H,28,35)(H,29,34)(H,30,36)(H,38,39)(H4,25,26,27)/t13-,14-,15-,16-,17-/m0/s1. The van der Waals surface area contributed by atoms with Gasteiger partial charge in [-0.25, -0.2) is 4.79 Å². The number of aliphatic imine (C=N–C) groups is 1. The molecule has 1 heterocycles. The third-order valence-electron chi connectivity index (χ3n) is 6.07. The molecule has 1 aliphatic rings. The molecular weight excluding hydrogens is 516 g/mol. The van der Waals surface area contributed by atoms with Crippen molar-refractivity contribution in [3.63, 3.8) is 0 Å². The fourth-order valence-electron chi connectivity index (χ4n) is 4.08. The minimum atomic E-state index is -1.54. The van der Waals surface area contributed by atoms with Gasteiger partial charge in [0.25, 0.3) is 0 Å². The lowest BCUT2D eigenvalue weighted by Gasteiger charge is -2.30. The summed E-state index contributed by atoms with van der Waals surface area (Å²) in [7, 11) is 0. The van der Waals surface area contributed by atoms with Crippen LogP contribution >= 0.6 is 0 Å². The Morgan fingerprint density at radius 3 is 2.13 bits per heavy atom. The number of carboxylic acid groups (broad SMARTS) is 1. The number of guanidine groups is 1. The molecular formula is C23H42N8O8. The Hall–Kier alpha value is -3.50. The minimum Gasteiger partial charge on any atom is -0.480 e. The number of aliphatic hydroxyl groups is 2. The van der Waals surface area contributed by atoms with E-state index < -0.39 is 73.0 Å². The Bertz CT molecular complexity index is 895. The van der Waals surface area contributed by atoms with Crippen molar-refractivity contribution in [2.75, 3.05) is 26.3 Å². The summed E-state index contributed by atoms with van der Waals surface area (Å²) in [5.74, 6) is -4.33. The third kappa shape index (κ3) is 11.0. The number of carbonyl (C=O) groups is 5. The van der Waals surface area contributed by atoms with Crippen LogP contribution in [0.3, 0.4) is 0 Å². The second-order valence-corrected chi connectivity index (χ2v) is 9.76. The van der Waals surface area contributed by atoms with Crippen molar-refractivity contribution >= 4 is 35.6 Å². The van der Waals surface area contributed by atoms with E-state index in [1.807, 2.05) is 13.8 Å². The smallest absolute Gasteiger partial charge is 0.328 e. The predicted molar refractivity (Wildman–Crippen MR) is 140 cm³/mol. The maximum absolute atomic E-state index is 13.5. The number of carboxylic acids is 1. The van der Waals surface area contributed by atoms with Gasteiger partial charge in [0.1, 0.15) is 24.2 Å². The van der Waals surface area contributed by atoms with E-state index in [1.54, 1.807) is 0 Å². The molecule has 1 aliphatic heterocycles. The van der Waals surface area contributed by atoms with Gasteiger partial charge in [-0.1, -0.05) is 13.8 Å². The van der Waals surface area contributed by atoms with Crippen LogP contribution in [0.25, 0.3) is 0 Å². The monoisotopic (exact) mass is 558 g/mol. The van der Waals surface area contributed by atoms with Crippen LogP contribution in [-0.4, -0.2) is 112 Å². The van der Waals surface area contributed by atoms with Crippen LogP contribution < -0.4 is 33.2 Å². The average Bonchev–Trinajstić information content (AvgIpc) is 3.36. The summed E-state index contributed by atoms with van der Waals surface area (Å²) in [4.78, 5) is 67.8. The Labute approximate surface area is 226 Å². The summed E-state index contributed by atoms with van der Waals surface area (Å²) in [6, 6.07) is -6.03. The van der Waals surface area contributed by atoms with E-state index in [4.69, 9.17) is 22.3 Å². The Kier molecular flexibility index (Phi) is 14.2. The van der Waals surface area contributed by atoms with Crippen LogP contribution in [0.5, 0.6) is 0 Å². The van der Waals surface area contributed by atoms with Crippen molar-refractivity contribution in [2.45, 2.75) is 76.2 Å². The molecule has 222 valence electrons. The Morgan fingerprint density at radius 2 is 1.59 bits per heavy atom. The number of amides is 4. The first kappa shape index (κ1) is 33.5. The third-order valence-corrected chi connectivity index (χ3v) is 6.07. The molecule has 0 unspecified atom stereocenters. The molecule has 4 amide bonds. The summed E-state index contributed by atoms with van der Waals surface area (Å²) in [5, 5.41) is 35.2. The van der Waals surface area contributed by atoms with Crippen molar-refractivity contribution in [1.82, 2.24) is 20.9 Å². The summed E-state index contributed by atoms with van der Waals surface area (Å²) in [5.41, 5.74) is 16.5. The number of nitrogens with one attached hydrogen (secondary N) is 3. The van der Waals surface area contributed by atoms with E-state index in [1.165, 1.54) is 4.90 Å². The lowest BCUT2D eigenvalue weighted by Crippen LogP contribution is -2.59. The molecule has 1 fully saturated rings. The van der Waals surface area contributed by atoms with Crippen molar-refractivity contribution in [1.29, 1.82) is 0 Å². The molecule has 0 aliphatic carbocycles. The number of nitrogens with two attached hydrogens (primary N) is 3. The quantitative estimate of drug-likeness (QED) is 0.0499.